The lowest BCUT2D eigenvalue weighted by molar-refractivity contribution is -0.119. The molecule has 8 heteroatoms. The van der Waals surface area contributed by atoms with Crippen molar-refractivity contribution in [1.29, 1.82) is 0 Å². The fourth-order valence-electron chi connectivity index (χ4n) is 2.47. The van der Waals surface area contributed by atoms with Gasteiger partial charge in [0.15, 0.2) is 0 Å². The van der Waals surface area contributed by atoms with Gasteiger partial charge in [-0.15, -0.1) is 0 Å². The Morgan fingerprint density at radius 2 is 2.04 bits per heavy atom. The molecular formula is C16H22ClN3O3S. The smallest absolute Gasteiger partial charge is 0.321 e. The van der Waals surface area contributed by atoms with Crippen LogP contribution in [0.3, 0.4) is 0 Å². The van der Waals surface area contributed by atoms with Crippen molar-refractivity contribution in [1.82, 2.24) is 4.90 Å². The van der Waals surface area contributed by atoms with Crippen molar-refractivity contribution in [2.24, 2.45) is 0 Å². The Kier molecular flexibility index (Phi) is 7.20. The number of hydrogen-bond donors (Lipinski definition) is 2. The average Bonchev–Trinajstić information content (AvgIpc) is 2.58. The van der Waals surface area contributed by atoms with Crippen molar-refractivity contribution in [2.45, 2.75) is 18.9 Å². The molecule has 2 rings (SSSR count). The van der Waals surface area contributed by atoms with Gasteiger partial charge in [-0.3, -0.25) is 4.79 Å². The molecule has 1 fully saturated rings. The van der Waals surface area contributed by atoms with Gasteiger partial charge in [-0.1, -0.05) is 11.6 Å². The summed E-state index contributed by atoms with van der Waals surface area (Å²) in [4.78, 5) is 25.7. The van der Waals surface area contributed by atoms with Crippen molar-refractivity contribution in [3.8, 4) is 0 Å². The molecule has 3 amide bonds. The van der Waals surface area contributed by atoms with E-state index in [0.29, 0.717) is 16.4 Å². The maximum Gasteiger partial charge on any atom is 0.321 e. The number of methoxy groups -OCH3 is 1. The molecule has 0 saturated carbocycles. The second kappa shape index (κ2) is 9.15. The number of halogens is 1. The first kappa shape index (κ1) is 18.9. The monoisotopic (exact) mass is 371 g/mol. The van der Waals surface area contributed by atoms with Gasteiger partial charge in [0.05, 0.1) is 10.7 Å². The molecule has 6 nitrogen and oxygen atoms in total. The summed E-state index contributed by atoms with van der Waals surface area (Å²) in [5.74, 6) is 1.88. The van der Waals surface area contributed by atoms with Crippen molar-refractivity contribution in [3.63, 3.8) is 0 Å². The maximum atomic E-state index is 12.4. The Labute approximate surface area is 151 Å². The number of thioether (sulfide) groups is 1. The van der Waals surface area contributed by atoms with Gasteiger partial charge in [-0.25, -0.2) is 4.79 Å². The molecule has 0 radical (unpaired) electrons. The number of urea groups is 1. The summed E-state index contributed by atoms with van der Waals surface area (Å²) in [6.45, 7) is -0.0350. The second-order valence-electron chi connectivity index (χ2n) is 5.56. The van der Waals surface area contributed by atoms with Crippen molar-refractivity contribution in [2.75, 3.05) is 42.9 Å². The molecule has 0 aromatic heterocycles. The van der Waals surface area contributed by atoms with E-state index in [1.807, 2.05) is 11.8 Å². The number of hydrogen-bond acceptors (Lipinski definition) is 4. The quantitative estimate of drug-likeness (QED) is 0.833. The minimum atomic E-state index is -0.270. The van der Waals surface area contributed by atoms with Gasteiger partial charge in [0.25, 0.3) is 0 Å². The third kappa shape index (κ3) is 5.29. The summed E-state index contributed by atoms with van der Waals surface area (Å²) in [5, 5.41) is 5.92. The van der Waals surface area contributed by atoms with Crippen LogP contribution in [0, 0.1) is 0 Å². The molecule has 1 aliphatic heterocycles. The van der Waals surface area contributed by atoms with E-state index >= 15 is 0 Å². The summed E-state index contributed by atoms with van der Waals surface area (Å²) in [6, 6.07) is 4.99. The first-order valence-corrected chi connectivity index (χ1v) is 9.24. The van der Waals surface area contributed by atoms with Crippen LogP contribution in [0.1, 0.15) is 12.8 Å². The van der Waals surface area contributed by atoms with E-state index in [9.17, 15) is 9.59 Å². The Morgan fingerprint density at radius 3 is 2.71 bits per heavy atom. The molecule has 0 unspecified atom stereocenters. The van der Waals surface area contributed by atoms with Crippen LogP contribution in [0.25, 0.3) is 0 Å². The molecule has 1 heterocycles. The minimum absolute atomic E-state index is 0.0350. The SMILES string of the molecule is COCC(=O)Nc1ccc(Cl)c(NC(=O)N(C)C2CCSCC2)c1. The number of ether oxygens (including phenoxy) is 1. The molecule has 1 aliphatic rings. The van der Waals surface area contributed by atoms with Crippen LogP contribution in [0.4, 0.5) is 16.2 Å². The zero-order valence-electron chi connectivity index (χ0n) is 13.8. The Bertz CT molecular complexity index is 594. The van der Waals surface area contributed by atoms with Gasteiger partial charge in [0.1, 0.15) is 6.61 Å². The van der Waals surface area contributed by atoms with Crippen molar-refractivity contribution < 1.29 is 14.3 Å². The van der Waals surface area contributed by atoms with Crippen LogP contribution in [-0.2, 0) is 9.53 Å². The summed E-state index contributed by atoms with van der Waals surface area (Å²) in [7, 11) is 3.25. The number of rotatable bonds is 5. The van der Waals surface area contributed by atoms with Gasteiger partial charge in [0.2, 0.25) is 5.91 Å². The lowest BCUT2D eigenvalue weighted by Crippen LogP contribution is -2.41. The fourth-order valence-corrected chi connectivity index (χ4v) is 3.72. The maximum absolute atomic E-state index is 12.4. The van der Waals surface area contributed by atoms with E-state index in [4.69, 9.17) is 16.3 Å². The van der Waals surface area contributed by atoms with E-state index in [1.54, 1.807) is 30.1 Å². The molecule has 2 N–H and O–H groups in total. The Balaban J connectivity index is 2.02. The van der Waals surface area contributed by atoms with E-state index in [2.05, 4.69) is 10.6 Å². The molecule has 0 atom stereocenters. The number of nitrogens with zero attached hydrogens (tertiary/aromatic N) is 1. The summed E-state index contributed by atoms with van der Waals surface area (Å²) in [6.07, 6.45) is 1.99. The highest BCUT2D eigenvalue weighted by molar-refractivity contribution is 7.99. The number of amides is 3. The average molecular weight is 372 g/mol. The van der Waals surface area contributed by atoms with Gasteiger partial charge in [0, 0.05) is 25.9 Å². The number of carbonyl (C=O) groups excluding carboxylic acids is 2. The molecular weight excluding hydrogens is 350 g/mol. The van der Waals surface area contributed by atoms with E-state index < -0.39 is 0 Å². The lowest BCUT2D eigenvalue weighted by Gasteiger charge is -2.31. The number of nitrogens with one attached hydrogen (secondary N) is 2. The number of benzene rings is 1. The van der Waals surface area contributed by atoms with Crippen LogP contribution in [0.15, 0.2) is 18.2 Å². The highest BCUT2D eigenvalue weighted by atomic mass is 35.5. The summed E-state index contributed by atoms with van der Waals surface area (Å²) < 4.78 is 4.78. The predicted octanol–water partition coefficient (Wildman–Crippen LogP) is 3.28. The fraction of sp³-hybridized carbons (Fsp3) is 0.500. The predicted molar refractivity (Wildman–Crippen MR) is 99.1 cm³/mol. The third-order valence-corrected chi connectivity index (χ3v) is 5.20. The second-order valence-corrected chi connectivity index (χ2v) is 7.19. The number of anilines is 2. The molecule has 0 bridgehead atoms. The number of carbonyl (C=O) groups is 2. The molecule has 1 aromatic carbocycles. The zero-order valence-corrected chi connectivity index (χ0v) is 15.4. The van der Waals surface area contributed by atoms with Crippen LogP contribution < -0.4 is 10.6 Å². The van der Waals surface area contributed by atoms with Gasteiger partial charge in [-0.2, -0.15) is 11.8 Å². The normalized spacial score (nSPS) is 15.0. The zero-order chi connectivity index (χ0) is 17.5. The molecule has 1 saturated heterocycles. The van der Waals surface area contributed by atoms with Gasteiger partial charge in [-0.05, 0) is 42.5 Å². The minimum Gasteiger partial charge on any atom is -0.375 e. The van der Waals surface area contributed by atoms with Crippen LogP contribution in [-0.4, -0.2) is 55.2 Å². The largest absolute Gasteiger partial charge is 0.375 e. The highest BCUT2D eigenvalue weighted by Crippen LogP contribution is 2.27. The molecule has 0 spiro atoms. The topological polar surface area (TPSA) is 70.7 Å². The summed E-state index contributed by atoms with van der Waals surface area (Å²) in [5.41, 5.74) is 1.02. The van der Waals surface area contributed by atoms with Gasteiger partial charge >= 0.3 is 6.03 Å². The Hall–Kier alpha value is -1.44. The van der Waals surface area contributed by atoms with E-state index in [1.165, 1.54) is 7.11 Å². The third-order valence-electron chi connectivity index (χ3n) is 3.83. The first-order valence-electron chi connectivity index (χ1n) is 7.71. The van der Waals surface area contributed by atoms with Crippen LogP contribution in [0.5, 0.6) is 0 Å². The van der Waals surface area contributed by atoms with E-state index in [-0.39, 0.29) is 24.6 Å². The molecule has 132 valence electrons. The van der Waals surface area contributed by atoms with Crippen molar-refractivity contribution in [3.05, 3.63) is 23.2 Å². The van der Waals surface area contributed by atoms with Gasteiger partial charge < -0.3 is 20.3 Å². The first-order chi connectivity index (χ1) is 11.5. The van der Waals surface area contributed by atoms with Crippen LogP contribution >= 0.6 is 23.4 Å². The summed E-state index contributed by atoms with van der Waals surface area (Å²) >= 11 is 8.07. The molecule has 0 aliphatic carbocycles. The lowest BCUT2D eigenvalue weighted by atomic mass is 10.1. The van der Waals surface area contributed by atoms with Crippen molar-refractivity contribution >= 4 is 46.7 Å². The standard InChI is InChI=1S/C16H22ClN3O3S/c1-20(12-5-7-24-8-6-12)16(22)19-14-9-11(3-4-13(14)17)18-15(21)10-23-2/h3-4,9,12H,5-8,10H2,1-2H3,(H,18,21)(H,19,22). The van der Waals surface area contributed by atoms with E-state index in [0.717, 1.165) is 24.3 Å². The molecule has 24 heavy (non-hydrogen) atoms. The molecule has 1 aromatic rings. The Morgan fingerprint density at radius 1 is 1.33 bits per heavy atom. The van der Waals surface area contributed by atoms with Crippen LogP contribution in [0.2, 0.25) is 5.02 Å². The highest BCUT2D eigenvalue weighted by Gasteiger charge is 2.22.